The summed E-state index contributed by atoms with van der Waals surface area (Å²) in [7, 11) is -0.404. The van der Waals surface area contributed by atoms with Crippen LogP contribution in [0.15, 0.2) is 12.7 Å². The highest BCUT2D eigenvalue weighted by Crippen LogP contribution is 2.32. The Bertz CT molecular complexity index is 860. The number of aliphatic carboxylic acids is 1. The van der Waals surface area contributed by atoms with Crippen molar-refractivity contribution in [1.29, 1.82) is 0 Å². The summed E-state index contributed by atoms with van der Waals surface area (Å²) >= 11 is 0. The number of nitrogen functional groups attached to an aromatic ring is 1. The number of Topliss-reactive ketones (excluding diaryl/α,β-unsaturated/α-hetero) is 1. The van der Waals surface area contributed by atoms with Gasteiger partial charge in [-0.15, -0.1) is 0 Å². The Morgan fingerprint density at radius 2 is 2.07 bits per heavy atom. The number of rotatable bonds is 7. The number of carbonyl (C=O) groups is 2. The van der Waals surface area contributed by atoms with Crippen LogP contribution in [-0.4, -0.2) is 77.6 Å². The predicted octanol–water partition coefficient (Wildman–Crippen LogP) is -3.02. The maximum Gasteiger partial charge on any atom is 0.182 e. The van der Waals surface area contributed by atoms with E-state index in [1.165, 1.54) is 17.2 Å². The molecule has 0 bridgehead atoms. The summed E-state index contributed by atoms with van der Waals surface area (Å²) in [5.74, 6) is -1.78. The first-order valence-corrected chi connectivity index (χ1v) is 10.0. The molecule has 5 atom stereocenters. The number of aliphatic hydroxyl groups excluding tert-OH is 2. The number of imidazole rings is 1. The molecule has 0 saturated carbocycles. The summed E-state index contributed by atoms with van der Waals surface area (Å²) in [5.41, 5.74) is 6.48. The number of nitrogens with two attached hydrogens (primary N) is 1. The lowest BCUT2D eigenvalue weighted by atomic mass is 10.1. The Morgan fingerprint density at radius 1 is 1.33 bits per heavy atom. The highest BCUT2D eigenvalue weighted by Gasteiger charge is 2.46. The molecule has 1 aliphatic heterocycles. The summed E-state index contributed by atoms with van der Waals surface area (Å²) in [6.45, 7) is 0. The van der Waals surface area contributed by atoms with Crippen molar-refractivity contribution >= 4 is 39.6 Å². The van der Waals surface area contributed by atoms with Crippen molar-refractivity contribution < 1.29 is 29.6 Å². The standard InChI is InChI=1S/C15H19N5O6S/c1-27(3-2-7(21)15(24)25)4-8-10(22)11(23)14(26-8)20-6-19-9-12(16)17-5-18-13(9)20/h5-6,8,10-11,14,22-23H,2-4H2,1H3,(H2-,16,17,18,24,25)/t8-,10-,11-,14-,27?/m1/s1. The third-order valence-electron chi connectivity index (χ3n) is 4.35. The van der Waals surface area contributed by atoms with Gasteiger partial charge in [-0.3, -0.25) is 9.36 Å². The number of fused-ring (bicyclic) bond motifs is 1. The highest BCUT2D eigenvalue weighted by atomic mass is 32.2. The number of nitrogens with zero attached hydrogens (tertiary/aromatic N) is 4. The lowest BCUT2D eigenvalue weighted by Crippen LogP contribution is -2.37. The summed E-state index contributed by atoms with van der Waals surface area (Å²) in [6, 6.07) is 0. The molecule has 0 amide bonds. The molecule has 3 rings (SSSR count). The number of hydrogen-bond acceptors (Lipinski definition) is 10. The molecule has 146 valence electrons. The molecule has 1 saturated heterocycles. The molecule has 1 fully saturated rings. The molecule has 27 heavy (non-hydrogen) atoms. The van der Waals surface area contributed by atoms with E-state index in [9.17, 15) is 24.9 Å². The van der Waals surface area contributed by atoms with Gasteiger partial charge in [0.1, 0.15) is 47.6 Å². The molecule has 11 nitrogen and oxygen atoms in total. The molecule has 0 aliphatic carbocycles. The van der Waals surface area contributed by atoms with Gasteiger partial charge in [0, 0.05) is 0 Å². The molecular weight excluding hydrogens is 378 g/mol. The molecule has 0 aromatic carbocycles. The van der Waals surface area contributed by atoms with Gasteiger partial charge in [0.05, 0.1) is 19.0 Å². The molecule has 1 unspecified atom stereocenters. The molecule has 3 heterocycles. The summed E-state index contributed by atoms with van der Waals surface area (Å²) in [4.78, 5) is 33.7. The van der Waals surface area contributed by atoms with Crippen LogP contribution in [0.5, 0.6) is 0 Å². The lowest BCUT2D eigenvalue weighted by molar-refractivity contribution is -0.299. The van der Waals surface area contributed by atoms with Crippen molar-refractivity contribution in [2.75, 3.05) is 23.5 Å². The summed E-state index contributed by atoms with van der Waals surface area (Å²) in [5, 5.41) is 31.2. The molecule has 4 N–H and O–H groups in total. The van der Waals surface area contributed by atoms with Crippen LogP contribution in [0, 0.1) is 0 Å². The second kappa shape index (κ2) is 7.76. The molecule has 1 aliphatic rings. The predicted molar refractivity (Wildman–Crippen MR) is 93.3 cm³/mol. The van der Waals surface area contributed by atoms with Crippen molar-refractivity contribution in [3.05, 3.63) is 12.7 Å². The van der Waals surface area contributed by atoms with E-state index in [0.29, 0.717) is 22.7 Å². The number of anilines is 1. The number of aliphatic hydroxyl groups is 2. The minimum absolute atomic E-state index is 0.140. The zero-order valence-corrected chi connectivity index (χ0v) is 15.2. The smallest absolute Gasteiger partial charge is 0.182 e. The van der Waals surface area contributed by atoms with Crippen LogP contribution < -0.4 is 10.8 Å². The van der Waals surface area contributed by atoms with Crippen molar-refractivity contribution in [3.8, 4) is 0 Å². The van der Waals surface area contributed by atoms with Crippen molar-refractivity contribution in [3.63, 3.8) is 0 Å². The molecule has 0 radical (unpaired) electrons. The Hall–Kier alpha value is -2.28. The van der Waals surface area contributed by atoms with Gasteiger partial charge in [0.25, 0.3) is 0 Å². The normalized spacial score (nSPS) is 26.3. The van der Waals surface area contributed by atoms with Crippen molar-refractivity contribution in [1.82, 2.24) is 19.5 Å². The Balaban J connectivity index is 1.69. The quantitative estimate of drug-likeness (QED) is 0.322. The van der Waals surface area contributed by atoms with Gasteiger partial charge in [-0.25, -0.2) is 15.0 Å². The van der Waals surface area contributed by atoms with E-state index in [1.54, 1.807) is 0 Å². The summed E-state index contributed by atoms with van der Waals surface area (Å²) < 4.78 is 7.30. The van der Waals surface area contributed by atoms with Crippen LogP contribution in [-0.2, 0) is 25.2 Å². The highest BCUT2D eigenvalue weighted by molar-refractivity contribution is 7.96. The van der Waals surface area contributed by atoms with Gasteiger partial charge in [-0.2, -0.15) is 0 Å². The van der Waals surface area contributed by atoms with Crippen LogP contribution in [0.1, 0.15) is 12.6 Å². The number of ketones is 1. The molecule has 2 aromatic rings. The van der Waals surface area contributed by atoms with Crippen LogP contribution >= 0.6 is 0 Å². The fourth-order valence-electron chi connectivity index (χ4n) is 2.89. The summed E-state index contributed by atoms with van der Waals surface area (Å²) in [6.07, 6.45) is 0.395. The zero-order chi connectivity index (χ0) is 19.7. The van der Waals surface area contributed by atoms with Crippen molar-refractivity contribution in [2.45, 2.75) is 31.0 Å². The number of carboxylic acids is 1. The first kappa shape index (κ1) is 19.5. The minimum Gasteiger partial charge on any atom is -0.542 e. The van der Waals surface area contributed by atoms with Gasteiger partial charge in [-0.1, -0.05) is 0 Å². The largest absolute Gasteiger partial charge is 0.542 e. The maximum atomic E-state index is 11.1. The lowest BCUT2D eigenvalue weighted by Gasteiger charge is -2.16. The Labute approximate surface area is 156 Å². The number of ether oxygens (including phenoxy) is 1. The molecule has 0 spiro atoms. The molecule has 2 aromatic heterocycles. The fraction of sp³-hybridized carbons (Fsp3) is 0.533. The topological polar surface area (TPSA) is 177 Å². The number of carboxylic acid groups (broad SMARTS) is 1. The van der Waals surface area contributed by atoms with E-state index >= 15 is 0 Å². The average Bonchev–Trinajstić information content (AvgIpc) is 3.17. The van der Waals surface area contributed by atoms with Gasteiger partial charge < -0.3 is 30.6 Å². The average molecular weight is 397 g/mol. The second-order valence-electron chi connectivity index (χ2n) is 6.24. The number of aromatic nitrogens is 4. The van der Waals surface area contributed by atoms with Gasteiger partial charge >= 0.3 is 0 Å². The number of hydrogen-bond donors (Lipinski definition) is 3. The Kier molecular flexibility index (Phi) is 5.60. The van der Waals surface area contributed by atoms with E-state index < -0.39 is 47.2 Å². The van der Waals surface area contributed by atoms with Gasteiger partial charge in [-0.05, 0) is 10.9 Å². The van der Waals surface area contributed by atoms with E-state index in [2.05, 4.69) is 15.0 Å². The van der Waals surface area contributed by atoms with Gasteiger partial charge in [0.15, 0.2) is 23.5 Å². The van der Waals surface area contributed by atoms with E-state index in [0.717, 1.165) is 0 Å². The van der Waals surface area contributed by atoms with Crippen LogP contribution in [0.25, 0.3) is 11.2 Å². The Morgan fingerprint density at radius 3 is 2.78 bits per heavy atom. The SMILES string of the molecule is C[S+](CCC(=O)C(=O)[O-])C[C@H]1O[C@@H](n2cnc3c(N)ncnc32)[C@H](O)[C@@H]1O. The van der Waals surface area contributed by atoms with E-state index in [1.807, 2.05) is 6.26 Å². The van der Waals surface area contributed by atoms with E-state index in [-0.39, 0.29) is 12.2 Å². The zero-order valence-electron chi connectivity index (χ0n) is 14.4. The molecular formula is C15H19N5O6S. The first-order valence-electron chi connectivity index (χ1n) is 8.07. The third-order valence-corrected chi connectivity index (χ3v) is 6.15. The number of carbonyl (C=O) groups excluding carboxylic acids is 2. The third kappa shape index (κ3) is 3.88. The fourth-order valence-corrected chi connectivity index (χ4v) is 4.42. The second-order valence-corrected chi connectivity index (χ2v) is 8.55. The monoisotopic (exact) mass is 397 g/mol. The minimum atomic E-state index is -1.70. The van der Waals surface area contributed by atoms with Crippen molar-refractivity contribution in [2.24, 2.45) is 0 Å². The van der Waals surface area contributed by atoms with Gasteiger partial charge in [0.2, 0.25) is 0 Å². The molecule has 12 heteroatoms. The van der Waals surface area contributed by atoms with Crippen LogP contribution in [0.2, 0.25) is 0 Å². The first-order chi connectivity index (χ1) is 12.8. The van der Waals surface area contributed by atoms with Crippen LogP contribution in [0.4, 0.5) is 5.82 Å². The maximum absolute atomic E-state index is 11.1. The van der Waals surface area contributed by atoms with Crippen LogP contribution in [0.3, 0.4) is 0 Å². The van der Waals surface area contributed by atoms with E-state index in [4.69, 9.17) is 10.5 Å².